The lowest BCUT2D eigenvalue weighted by atomic mass is 10.2. The highest BCUT2D eigenvalue weighted by molar-refractivity contribution is 5.89. The van der Waals surface area contributed by atoms with Crippen LogP contribution in [0.15, 0.2) is 36.3 Å². The van der Waals surface area contributed by atoms with Gasteiger partial charge in [-0.1, -0.05) is 12.1 Å². The Morgan fingerprint density at radius 2 is 1.88 bits per heavy atom. The fraction of sp³-hybridized carbons (Fsp3) is 0.312. The standard InChI is InChI=1S/C16H16N2O8/c19-14(9-25-16(21)13-7-22-5-6-23-13)17-18-15(20)12-8-24-10-3-1-2-4-11(10)26-12/h1-4,7,12H,5-6,8-9H2,(H,17,19)(H,18,20)/t12-/m1/s1. The summed E-state index contributed by atoms with van der Waals surface area (Å²) in [6.45, 7) is -0.0552. The van der Waals surface area contributed by atoms with Crippen molar-refractivity contribution in [2.24, 2.45) is 0 Å². The molecule has 0 radical (unpaired) electrons. The molecule has 1 aromatic carbocycles. The van der Waals surface area contributed by atoms with Crippen molar-refractivity contribution in [3.63, 3.8) is 0 Å². The fourth-order valence-corrected chi connectivity index (χ4v) is 2.07. The van der Waals surface area contributed by atoms with E-state index in [4.69, 9.17) is 23.7 Å². The molecule has 0 bridgehead atoms. The minimum absolute atomic E-state index is 0.000797. The Bertz CT molecular complexity index is 733. The zero-order valence-electron chi connectivity index (χ0n) is 13.6. The van der Waals surface area contributed by atoms with Crippen LogP contribution in [0.5, 0.6) is 11.5 Å². The lowest BCUT2D eigenvalue weighted by molar-refractivity contribution is -0.149. The minimum atomic E-state index is -0.925. The van der Waals surface area contributed by atoms with E-state index in [2.05, 4.69) is 10.9 Å². The third-order valence-corrected chi connectivity index (χ3v) is 3.31. The van der Waals surface area contributed by atoms with Crippen LogP contribution in [0.2, 0.25) is 0 Å². The molecule has 1 aromatic rings. The molecule has 0 aromatic heterocycles. The molecule has 0 fully saturated rings. The number of esters is 1. The molecule has 10 heteroatoms. The number of carbonyl (C=O) groups excluding carboxylic acids is 3. The Balaban J connectivity index is 1.40. The Hall–Kier alpha value is -3.43. The molecule has 2 aliphatic heterocycles. The molecule has 138 valence electrons. The van der Waals surface area contributed by atoms with Crippen molar-refractivity contribution in [3.8, 4) is 11.5 Å². The lowest BCUT2D eigenvalue weighted by Crippen LogP contribution is -2.51. The van der Waals surface area contributed by atoms with Crippen molar-refractivity contribution in [2.45, 2.75) is 6.10 Å². The molecule has 0 unspecified atom stereocenters. The Morgan fingerprint density at radius 1 is 1.08 bits per heavy atom. The molecule has 2 heterocycles. The summed E-state index contributed by atoms with van der Waals surface area (Å²) in [5.74, 6) is -1.34. The number of hydrazine groups is 1. The van der Waals surface area contributed by atoms with Crippen LogP contribution in [0.3, 0.4) is 0 Å². The van der Waals surface area contributed by atoms with Crippen LogP contribution in [0.1, 0.15) is 0 Å². The number of hydrogen-bond donors (Lipinski definition) is 2. The van der Waals surface area contributed by atoms with Gasteiger partial charge in [0.2, 0.25) is 11.9 Å². The predicted octanol–water partition coefficient (Wildman–Crippen LogP) is -0.595. The summed E-state index contributed by atoms with van der Waals surface area (Å²) < 4.78 is 25.6. The number of carbonyl (C=O) groups is 3. The third kappa shape index (κ3) is 4.35. The van der Waals surface area contributed by atoms with Crippen molar-refractivity contribution in [3.05, 3.63) is 36.3 Å². The molecule has 3 rings (SSSR count). The zero-order valence-corrected chi connectivity index (χ0v) is 13.6. The third-order valence-electron chi connectivity index (χ3n) is 3.31. The molecule has 0 saturated carbocycles. The second kappa shape index (κ2) is 8.10. The maximum Gasteiger partial charge on any atom is 0.377 e. The van der Waals surface area contributed by atoms with Gasteiger partial charge in [0.25, 0.3) is 11.8 Å². The minimum Gasteiger partial charge on any atom is -0.493 e. The van der Waals surface area contributed by atoms with E-state index in [1.54, 1.807) is 24.3 Å². The van der Waals surface area contributed by atoms with Crippen LogP contribution >= 0.6 is 0 Å². The summed E-state index contributed by atoms with van der Waals surface area (Å²) in [6.07, 6.45) is 0.190. The van der Waals surface area contributed by atoms with Crippen molar-refractivity contribution in [1.29, 1.82) is 0 Å². The highest BCUT2D eigenvalue weighted by atomic mass is 16.6. The average Bonchev–Trinajstić information content (AvgIpc) is 2.70. The summed E-state index contributed by atoms with van der Waals surface area (Å²) >= 11 is 0. The van der Waals surface area contributed by atoms with E-state index in [1.165, 1.54) is 0 Å². The molecular weight excluding hydrogens is 348 g/mol. The number of para-hydroxylation sites is 2. The topological polar surface area (TPSA) is 121 Å². The molecule has 26 heavy (non-hydrogen) atoms. The molecule has 0 spiro atoms. The number of nitrogens with one attached hydrogen (secondary N) is 2. The molecule has 1 atom stereocenters. The fourth-order valence-electron chi connectivity index (χ4n) is 2.07. The molecule has 0 aliphatic carbocycles. The first-order valence-corrected chi connectivity index (χ1v) is 7.72. The van der Waals surface area contributed by atoms with Crippen LogP contribution in [0.4, 0.5) is 0 Å². The summed E-state index contributed by atoms with van der Waals surface area (Å²) in [4.78, 5) is 35.3. The largest absolute Gasteiger partial charge is 0.493 e. The number of hydrogen-bond acceptors (Lipinski definition) is 8. The number of rotatable bonds is 4. The normalized spacial score (nSPS) is 17.7. The van der Waals surface area contributed by atoms with E-state index in [0.717, 1.165) is 6.26 Å². The smallest absolute Gasteiger partial charge is 0.377 e. The Kier molecular flexibility index (Phi) is 5.42. The van der Waals surface area contributed by atoms with E-state index < -0.39 is 30.5 Å². The first kappa shape index (κ1) is 17.4. The van der Waals surface area contributed by atoms with E-state index >= 15 is 0 Å². The van der Waals surface area contributed by atoms with E-state index in [1.807, 2.05) is 0 Å². The molecule has 0 saturated heterocycles. The second-order valence-corrected chi connectivity index (χ2v) is 5.18. The van der Waals surface area contributed by atoms with Crippen molar-refractivity contribution in [2.75, 3.05) is 26.4 Å². The van der Waals surface area contributed by atoms with Gasteiger partial charge in [-0.05, 0) is 12.1 Å². The van der Waals surface area contributed by atoms with Gasteiger partial charge in [0, 0.05) is 0 Å². The summed E-state index contributed by atoms with van der Waals surface area (Å²) in [5.41, 5.74) is 4.30. The van der Waals surface area contributed by atoms with Gasteiger partial charge in [-0.15, -0.1) is 0 Å². The number of benzene rings is 1. The van der Waals surface area contributed by atoms with Gasteiger partial charge in [-0.3, -0.25) is 20.4 Å². The van der Waals surface area contributed by atoms with E-state index in [0.29, 0.717) is 18.1 Å². The Morgan fingerprint density at radius 3 is 2.65 bits per heavy atom. The maximum absolute atomic E-state index is 12.0. The van der Waals surface area contributed by atoms with Gasteiger partial charge in [0.1, 0.15) is 26.1 Å². The highest BCUT2D eigenvalue weighted by Gasteiger charge is 2.27. The van der Waals surface area contributed by atoms with Crippen LogP contribution in [0.25, 0.3) is 0 Å². The summed E-state index contributed by atoms with van der Waals surface area (Å²) in [5, 5.41) is 0. The number of ether oxygens (including phenoxy) is 5. The molecular formula is C16H16N2O8. The average molecular weight is 364 g/mol. The van der Waals surface area contributed by atoms with Gasteiger partial charge in [-0.25, -0.2) is 4.79 Å². The predicted molar refractivity (Wildman–Crippen MR) is 83.6 cm³/mol. The van der Waals surface area contributed by atoms with Crippen molar-refractivity contribution < 1.29 is 38.1 Å². The first-order chi connectivity index (χ1) is 12.6. The quantitative estimate of drug-likeness (QED) is 0.537. The van der Waals surface area contributed by atoms with Crippen LogP contribution in [-0.4, -0.2) is 50.3 Å². The van der Waals surface area contributed by atoms with Gasteiger partial charge in [0.05, 0.1) is 0 Å². The highest BCUT2D eigenvalue weighted by Crippen LogP contribution is 2.30. The molecule has 2 aliphatic rings. The van der Waals surface area contributed by atoms with Gasteiger partial charge >= 0.3 is 5.97 Å². The van der Waals surface area contributed by atoms with Gasteiger partial charge < -0.3 is 23.7 Å². The van der Waals surface area contributed by atoms with Crippen molar-refractivity contribution in [1.82, 2.24) is 10.9 Å². The zero-order chi connectivity index (χ0) is 18.4. The lowest BCUT2D eigenvalue weighted by Gasteiger charge is -2.25. The van der Waals surface area contributed by atoms with E-state index in [-0.39, 0.29) is 19.0 Å². The molecule has 2 amide bonds. The monoisotopic (exact) mass is 364 g/mol. The summed E-state index contributed by atoms with van der Waals surface area (Å²) in [7, 11) is 0. The first-order valence-electron chi connectivity index (χ1n) is 7.72. The molecule has 2 N–H and O–H groups in total. The van der Waals surface area contributed by atoms with Crippen LogP contribution in [0, 0.1) is 0 Å². The van der Waals surface area contributed by atoms with Crippen LogP contribution < -0.4 is 20.3 Å². The number of fused-ring (bicyclic) bond motifs is 1. The van der Waals surface area contributed by atoms with E-state index in [9.17, 15) is 14.4 Å². The van der Waals surface area contributed by atoms with Gasteiger partial charge in [0.15, 0.2) is 18.1 Å². The number of amides is 2. The summed E-state index contributed by atoms with van der Waals surface area (Å²) in [6, 6.07) is 6.91. The van der Waals surface area contributed by atoms with Crippen molar-refractivity contribution >= 4 is 17.8 Å². The van der Waals surface area contributed by atoms with Gasteiger partial charge in [-0.2, -0.15) is 0 Å². The Labute approximate surface area is 148 Å². The second-order valence-electron chi connectivity index (χ2n) is 5.18. The van der Waals surface area contributed by atoms with Crippen LogP contribution in [-0.2, 0) is 28.6 Å². The molecule has 10 nitrogen and oxygen atoms in total. The SMILES string of the molecule is O=C(COC(=O)C1=COCCO1)NNC(=O)[C@H]1COc2ccccc2O1. The maximum atomic E-state index is 12.0.